The molecule has 0 heterocycles. The normalized spacial score (nSPS) is 9.21. The van der Waals surface area contributed by atoms with Crippen molar-refractivity contribution in [3.8, 4) is 0 Å². The van der Waals surface area contributed by atoms with Crippen LogP contribution in [0.15, 0.2) is 24.3 Å². The zero-order valence-electron chi connectivity index (χ0n) is 7.49. The summed E-state index contributed by atoms with van der Waals surface area (Å²) in [4.78, 5) is 21.0. The van der Waals surface area contributed by atoms with Crippen LogP contribution in [0.25, 0.3) is 0 Å². The van der Waals surface area contributed by atoms with Gasteiger partial charge < -0.3 is 16.4 Å². The number of nitrogens with one attached hydrogen (secondary N) is 2. The van der Waals surface area contributed by atoms with Crippen molar-refractivity contribution in [1.29, 1.82) is 0 Å². The van der Waals surface area contributed by atoms with E-state index in [-0.39, 0.29) is 12.5 Å². The number of anilines is 2. The number of benzene rings is 1. The largest absolute Gasteiger partial charge is 0.329 e. The molecule has 5 nitrogen and oxygen atoms in total. The van der Waals surface area contributed by atoms with Crippen molar-refractivity contribution >= 4 is 23.7 Å². The molecule has 0 aromatic heterocycles. The molecule has 4 N–H and O–H groups in total. The van der Waals surface area contributed by atoms with Gasteiger partial charge in [0.25, 0.3) is 0 Å². The highest BCUT2D eigenvalue weighted by atomic mass is 16.1. The van der Waals surface area contributed by atoms with E-state index in [2.05, 4.69) is 10.6 Å². The monoisotopic (exact) mass is 193 g/mol. The van der Waals surface area contributed by atoms with E-state index in [1.807, 2.05) is 0 Å². The van der Waals surface area contributed by atoms with Crippen LogP contribution in [0.1, 0.15) is 0 Å². The lowest BCUT2D eigenvalue weighted by molar-refractivity contribution is -0.115. The van der Waals surface area contributed by atoms with Crippen LogP contribution in [0.5, 0.6) is 0 Å². The van der Waals surface area contributed by atoms with Gasteiger partial charge >= 0.3 is 0 Å². The zero-order valence-corrected chi connectivity index (χ0v) is 7.49. The molecule has 0 aliphatic heterocycles. The number of nitrogens with two attached hydrogens (primary N) is 1. The SMILES string of the molecule is NCC(=O)Nc1ccc(NC=O)cc1. The van der Waals surface area contributed by atoms with Gasteiger partial charge in [-0.2, -0.15) is 0 Å². The molecule has 0 saturated heterocycles. The van der Waals surface area contributed by atoms with Gasteiger partial charge in [0.05, 0.1) is 6.54 Å². The standard InChI is InChI=1S/C9H11N3O2/c10-5-9(14)12-8-3-1-7(2-4-8)11-6-13/h1-4,6H,5,10H2,(H,11,13)(H,12,14). The van der Waals surface area contributed by atoms with Crippen molar-refractivity contribution in [1.82, 2.24) is 0 Å². The minimum atomic E-state index is -0.249. The zero-order chi connectivity index (χ0) is 10.4. The molecule has 0 spiro atoms. The lowest BCUT2D eigenvalue weighted by atomic mass is 10.3. The van der Waals surface area contributed by atoms with Crippen molar-refractivity contribution < 1.29 is 9.59 Å². The molecule has 0 radical (unpaired) electrons. The number of hydrogen-bond donors (Lipinski definition) is 3. The summed E-state index contributed by atoms with van der Waals surface area (Å²) in [6, 6.07) is 6.72. The Balaban J connectivity index is 2.63. The van der Waals surface area contributed by atoms with Crippen molar-refractivity contribution in [3.05, 3.63) is 24.3 Å². The second-order valence-corrected chi connectivity index (χ2v) is 2.59. The van der Waals surface area contributed by atoms with E-state index in [9.17, 15) is 9.59 Å². The Hall–Kier alpha value is -1.88. The maximum atomic E-state index is 10.9. The molecule has 1 rings (SSSR count). The molecule has 0 saturated carbocycles. The highest BCUT2D eigenvalue weighted by Crippen LogP contribution is 2.12. The molecule has 0 fully saturated rings. The highest BCUT2D eigenvalue weighted by Gasteiger charge is 1.98. The summed E-state index contributed by atoms with van der Waals surface area (Å²) >= 11 is 0. The quantitative estimate of drug-likeness (QED) is 0.595. The predicted molar refractivity (Wildman–Crippen MR) is 53.8 cm³/mol. The van der Waals surface area contributed by atoms with Crippen LogP contribution in [-0.2, 0) is 9.59 Å². The van der Waals surface area contributed by atoms with Crippen molar-refractivity contribution in [2.45, 2.75) is 0 Å². The van der Waals surface area contributed by atoms with Gasteiger partial charge in [-0.25, -0.2) is 0 Å². The Bertz CT molecular complexity index is 321. The van der Waals surface area contributed by atoms with Crippen LogP contribution in [0.2, 0.25) is 0 Å². The lowest BCUT2D eigenvalue weighted by Gasteiger charge is -2.04. The number of carbonyl (C=O) groups is 2. The molecule has 74 valence electrons. The highest BCUT2D eigenvalue weighted by molar-refractivity contribution is 5.92. The van der Waals surface area contributed by atoms with Gasteiger partial charge in [-0.05, 0) is 24.3 Å². The van der Waals surface area contributed by atoms with Crippen LogP contribution in [0.3, 0.4) is 0 Å². The Labute approximate surface area is 81.3 Å². The van der Waals surface area contributed by atoms with E-state index in [0.717, 1.165) is 0 Å². The molecule has 0 aliphatic rings. The molecular weight excluding hydrogens is 182 g/mol. The second-order valence-electron chi connectivity index (χ2n) is 2.59. The Morgan fingerprint density at radius 1 is 1.29 bits per heavy atom. The first kappa shape index (κ1) is 10.2. The summed E-state index contributed by atoms with van der Waals surface area (Å²) in [5.74, 6) is -0.249. The maximum absolute atomic E-state index is 10.9. The van der Waals surface area contributed by atoms with Crippen LogP contribution in [0.4, 0.5) is 11.4 Å². The Kier molecular flexibility index (Phi) is 3.63. The number of rotatable bonds is 4. The minimum Gasteiger partial charge on any atom is -0.329 e. The van der Waals surface area contributed by atoms with Crippen molar-refractivity contribution in [3.63, 3.8) is 0 Å². The Morgan fingerprint density at radius 2 is 1.86 bits per heavy atom. The van der Waals surface area contributed by atoms with E-state index in [1.165, 1.54) is 0 Å². The van der Waals surface area contributed by atoms with E-state index < -0.39 is 0 Å². The predicted octanol–water partition coefficient (Wildman–Crippen LogP) is 0.152. The molecule has 1 aromatic rings. The molecule has 0 aliphatic carbocycles. The average molecular weight is 193 g/mol. The summed E-state index contributed by atoms with van der Waals surface area (Å²) in [6.45, 7) is -0.0473. The van der Waals surface area contributed by atoms with E-state index >= 15 is 0 Å². The van der Waals surface area contributed by atoms with Gasteiger partial charge in [0.2, 0.25) is 12.3 Å². The summed E-state index contributed by atoms with van der Waals surface area (Å²) in [5, 5.41) is 5.06. The third kappa shape index (κ3) is 2.87. The van der Waals surface area contributed by atoms with Crippen LogP contribution in [0, 0.1) is 0 Å². The second kappa shape index (κ2) is 4.98. The fourth-order valence-corrected chi connectivity index (χ4v) is 0.930. The van der Waals surface area contributed by atoms with Crippen molar-refractivity contribution in [2.24, 2.45) is 5.73 Å². The first-order chi connectivity index (χ1) is 6.76. The summed E-state index contributed by atoms with van der Waals surface area (Å²) < 4.78 is 0. The molecule has 5 heteroatoms. The van der Waals surface area contributed by atoms with E-state index in [0.29, 0.717) is 17.8 Å². The smallest absolute Gasteiger partial charge is 0.238 e. The van der Waals surface area contributed by atoms with Gasteiger partial charge in [-0.15, -0.1) is 0 Å². The summed E-state index contributed by atoms with van der Waals surface area (Å²) in [5.41, 5.74) is 6.45. The van der Waals surface area contributed by atoms with Crippen LogP contribution < -0.4 is 16.4 Å². The van der Waals surface area contributed by atoms with Crippen LogP contribution >= 0.6 is 0 Å². The average Bonchev–Trinajstić information content (AvgIpc) is 2.21. The number of amides is 2. The van der Waals surface area contributed by atoms with Gasteiger partial charge in [0.15, 0.2) is 0 Å². The third-order valence-corrected chi connectivity index (χ3v) is 1.58. The first-order valence-corrected chi connectivity index (χ1v) is 4.06. The topological polar surface area (TPSA) is 84.2 Å². The van der Waals surface area contributed by atoms with Crippen LogP contribution in [-0.4, -0.2) is 18.9 Å². The number of carbonyl (C=O) groups excluding carboxylic acids is 2. The summed E-state index contributed by atoms with van der Waals surface area (Å²) in [7, 11) is 0. The number of hydrogen-bond acceptors (Lipinski definition) is 3. The van der Waals surface area contributed by atoms with Crippen molar-refractivity contribution in [2.75, 3.05) is 17.2 Å². The fraction of sp³-hybridized carbons (Fsp3) is 0.111. The summed E-state index contributed by atoms with van der Waals surface area (Å²) in [6.07, 6.45) is 0.591. The molecule has 1 aromatic carbocycles. The van der Waals surface area contributed by atoms with E-state index in [1.54, 1.807) is 24.3 Å². The minimum absolute atomic E-state index is 0.0473. The van der Waals surface area contributed by atoms with E-state index in [4.69, 9.17) is 5.73 Å². The van der Waals surface area contributed by atoms with Gasteiger partial charge in [-0.3, -0.25) is 9.59 Å². The maximum Gasteiger partial charge on any atom is 0.238 e. The molecule has 0 bridgehead atoms. The molecule has 2 amide bonds. The van der Waals surface area contributed by atoms with Gasteiger partial charge in [-0.1, -0.05) is 0 Å². The molecular formula is C9H11N3O2. The lowest BCUT2D eigenvalue weighted by Crippen LogP contribution is -2.21. The first-order valence-electron chi connectivity index (χ1n) is 4.06. The fourth-order valence-electron chi connectivity index (χ4n) is 0.930. The molecule has 0 unspecified atom stereocenters. The molecule has 0 atom stereocenters. The Morgan fingerprint density at radius 3 is 2.36 bits per heavy atom. The van der Waals surface area contributed by atoms with Gasteiger partial charge in [0.1, 0.15) is 0 Å². The van der Waals surface area contributed by atoms with Gasteiger partial charge in [0, 0.05) is 11.4 Å². The third-order valence-electron chi connectivity index (χ3n) is 1.58. The molecule has 14 heavy (non-hydrogen) atoms.